The molecule has 1 fully saturated rings. The van der Waals surface area contributed by atoms with E-state index in [9.17, 15) is 13.2 Å². The molecule has 0 aliphatic carbocycles. The largest absolute Gasteiger partial charge is 0.349 e. The van der Waals surface area contributed by atoms with Crippen LogP contribution in [0.25, 0.3) is 0 Å². The van der Waals surface area contributed by atoms with Crippen LogP contribution >= 0.6 is 11.6 Å². The summed E-state index contributed by atoms with van der Waals surface area (Å²) >= 11 is 6.27. The second-order valence-electron chi connectivity index (χ2n) is 7.74. The second-order valence-corrected chi connectivity index (χ2v) is 10.2. The maximum Gasteiger partial charge on any atom is 0.224 e. The summed E-state index contributed by atoms with van der Waals surface area (Å²) in [4.78, 5) is 15.4. The summed E-state index contributed by atoms with van der Waals surface area (Å²) in [6.45, 7) is 4.32. The molecule has 1 saturated heterocycles. The number of piperidine rings is 1. The van der Waals surface area contributed by atoms with Crippen LogP contribution in [-0.2, 0) is 21.2 Å². The van der Waals surface area contributed by atoms with Gasteiger partial charge in [-0.3, -0.25) is 9.69 Å². The number of sulfone groups is 1. The number of carbonyl (C=O) groups excluding carboxylic acids is 1. The molecule has 0 spiro atoms. The van der Waals surface area contributed by atoms with E-state index in [1.54, 1.807) is 24.3 Å². The lowest BCUT2D eigenvalue weighted by Crippen LogP contribution is -2.43. The van der Waals surface area contributed by atoms with Crippen molar-refractivity contribution in [1.82, 2.24) is 10.2 Å². The van der Waals surface area contributed by atoms with E-state index in [1.165, 1.54) is 6.26 Å². The molecule has 7 heteroatoms. The van der Waals surface area contributed by atoms with Gasteiger partial charge in [0.05, 0.1) is 16.9 Å². The average Bonchev–Trinajstić information content (AvgIpc) is 2.69. The van der Waals surface area contributed by atoms with E-state index in [-0.39, 0.29) is 22.8 Å². The second kappa shape index (κ2) is 9.28. The maximum atomic E-state index is 12.8. The van der Waals surface area contributed by atoms with Crippen LogP contribution in [0.3, 0.4) is 0 Å². The highest BCUT2D eigenvalue weighted by molar-refractivity contribution is 7.90. The van der Waals surface area contributed by atoms with E-state index in [4.69, 9.17) is 11.6 Å². The van der Waals surface area contributed by atoms with Gasteiger partial charge in [0.2, 0.25) is 5.91 Å². The van der Waals surface area contributed by atoms with E-state index < -0.39 is 9.84 Å². The molecule has 3 rings (SSSR count). The lowest BCUT2D eigenvalue weighted by Gasteiger charge is -2.32. The molecule has 0 bridgehead atoms. The smallest absolute Gasteiger partial charge is 0.224 e. The zero-order valence-corrected chi connectivity index (χ0v) is 18.3. The molecule has 5 nitrogen and oxygen atoms in total. The van der Waals surface area contributed by atoms with Gasteiger partial charge in [-0.25, -0.2) is 8.42 Å². The number of hydrogen-bond donors (Lipinski definition) is 1. The topological polar surface area (TPSA) is 66.5 Å². The monoisotopic (exact) mass is 434 g/mol. The summed E-state index contributed by atoms with van der Waals surface area (Å²) in [6.07, 6.45) is 3.02. The summed E-state index contributed by atoms with van der Waals surface area (Å²) in [5, 5.41) is 3.83. The predicted molar refractivity (Wildman–Crippen MR) is 116 cm³/mol. The minimum atomic E-state index is -3.22. The molecule has 0 radical (unpaired) electrons. The Morgan fingerprint density at radius 3 is 2.55 bits per heavy atom. The van der Waals surface area contributed by atoms with Crippen molar-refractivity contribution in [2.24, 2.45) is 5.92 Å². The highest BCUT2D eigenvalue weighted by Gasteiger charge is 2.27. The van der Waals surface area contributed by atoms with Crippen molar-refractivity contribution >= 4 is 27.3 Å². The van der Waals surface area contributed by atoms with Crippen LogP contribution in [0.5, 0.6) is 0 Å². The molecule has 1 aliphatic rings. The average molecular weight is 435 g/mol. The van der Waals surface area contributed by atoms with Crippen LogP contribution in [0.1, 0.15) is 36.9 Å². The summed E-state index contributed by atoms with van der Waals surface area (Å²) in [5.74, 6) is -0.0301. The molecule has 156 valence electrons. The number of amides is 1. The minimum Gasteiger partial charge on any atom is -0.349 e. The molecule has 2 aromatic rings. The SMILES string of the molecule is C[C@H](NC(=O)[C@H]1CCCN(Cc2ccccc2Cl)C1)c1ccc(S(C)(=O)=O)cc1. The van der Waals surface area contributed by atoms with Crippen LogP contribution in [0.4, 0.5) is 0 Å². The predicted octanol–water partition coefficient (Wildman–Crippen LogP) is 3.83. The number of rotatable bonds is 6. The minimum absolute atomic E-state index is 0.0357. The first-order chi connectivity index (χ1) is 13.7. The number of hydrogen-bond acceptors (Lipinski definition) is 4. The van der Waals surface area contributed by atoms with E-state index in [2.05, 4.69) is 10.2 Å². The zero-order valence-electron chi connectivity index (χ0n) is 16.8. The Bertz CT molecular complexity index is 960. The quantitative estimate of drug-likeness (QED) is 0.750. The fourth-order valence-electron chi connectivity index (χ4n) is 3.70. The Balaban J connectivity index is 1.59. The standard InChI is InChI=1S/C22H27ClN2O3S/c1-16(17-9-11-20(12-10-17)29(2,27)28)24-22(26)19-7-5-13-25(15-19)14-18-6-3-4-8-21(18)23/h3-4,6,8-12,16,19H,5,7,13-15H2,1-2H3,(H,24,26)/t16-,19-/m0/s1. The number of carbonyl (C=O) groups is 1. The van der Waals surface area contributed by atoms with Crippen molar-refractivity contribution in [3.05, 3.63) is 64.7 Å². The first-order valence-electron chi connectivity index (χ1n) is 9.80. The van der Waals surface area contributed by atoms with E-state index in [0.29, 0.717) is 6.54 Å². The van der Waals surface area contributed by atoms with Crippen molar-refractivity contribution in [3.63, 3.8) is 0 Å². The highest BCUT2D eigenvalue weighted by atomic mass is 35.5. The van der Waals surface area contributed by atoms with Gasteiger partial charge in [-0.15, -0.1) is 0 Å². The summed E-state index contributed by atoms with van der Waals surface area (Å²) in [7, 11) is -3.22. The third-order valence-electron chi connectivity index (χ3n) is 5.40. The molecule has 2 aromatic carbocycles. The van der Waals surface area contributed by atoms with Gasteiger partial charge >= 0.3 is 0 Å². The third-order valence-corrected chi connectivity index (χ3v) is 6.89. The molecule has 1 aliphatic heterocycles. The van der Waals surface area contributed by atoms with Crippen LogP contribution in [0.15, 0.2) is 53.4 Å². The Kier molecular flexibility index (Phi) is 6.98. The van der Waals surface area contributed by atoms with Gasteiger partial charge < -0.3 is 5.32 Å². The van der Waals surface area contributed by atoms with Crippen LogP contribution in [-0.4, -0.2) is 38.6 Å². The van der Waals surface area contributed by atoms with E-state index in [1.807, 2.05) is 31.2 Å². The lowest BCUT2D eigenvalue weighted by atomic mass is 9.96. The van der Waals surface area contributed by atoms with Gasteiger partial charge in [0, 0.05) is 24.4 Å². The molecular formula is C22H27ClN2O3S. The summed E-state index contributed by atoms with van der Waals surface area (Å²) in [6, 6.07) is 14.3. The Morgan fingerprint density at radius 1 is 1.21 bits per heavy atom. The third kappa shape index (κ3) is 5.81. The van der Waals surface area contributed by atoms with Crippen molar-refractivity contribution in [3.8, 4) is 0 Å². The number of halogens is 1. The Labute approximate surface area is 178 Å². The highest BCUT2D eigenvalue weighted by Crippen LogP contribution is 2.23. The molecule has 29 heavy (non-hydrogen) atoms. The van der Waals surface area contributed by atoms with Crippen LogP contribution in [0.2, 0.25) is 5.02 Å². The van der Waals surface area contributed by atoms with Gasteiger partial charge in [0.15, 0.2) is 9.84 Å². The fourth-order valence-corrected chi connectivity index (χ4v) is 4.52. The first-order valence-corrected chi connectivity index (χ1v) is 12.1. The van der Waals surface area contributed by atoms with Gasteiger partial charge in [-0.1, -0.05) is 41.9 Å². The van der Waals surface area contributed by atoms with Crippen molar-refractivity contribution in [2.75, 3.05) is 19.3 Å². The van der Waals surface area contributed by atoms with E-state index >= 15 is 0 Å². The van der Waals surface area contributed by atoms with Gasteiger partial charge in [0.25, 0.3) is 0 Å². The number of likely N-dealkylation sites (tertiary alicyclic amines) is 1. The molecule has 0 aromatic heterocycles. The van der Waals surface area contributed by atoms with Crippen molar-refractivity contribution in [1.29, 1.82) is 0 Å². The number of nitrogens with zero attached hydrogens (tertiary/aromatic N) is 1. The van der Waals surface area contributed by atoms with Crippen molar-refractivity contribution < 1.29 is 13.2 Å². The number of nitrogens with one attached hydrogen (secondary N) is 1. The van der Waals surface area contributed by atoms with Gasteiger partial charge in [-0.2, -0.15) is 0 Å². The van der Waals surface area contributed by atoms with Crippen LogP contribution in [0, 0.1) is 5.92 Å². The first kappa shape index (κ1) is 21.8. The van der Waals surface area contributed by atoms with E-state index in [0.717, 1.165) is 42.1 Å². The fraction of sp³-hybridized carbons (Fsp3) is 0.409. The lowest BCUT2D eigenvalue weighted by molar-refractivity contribution is -0.127. The zero-order chi connectivity index (χ0) is 21.0. The molecule has 1 amide bonds. The molecule has 1 N–H and O–H groups in total. The van der Waals surface area contributed by atoms with Gasteiger partial charge in [0.1, 0.15) is 0 Å². The summed E-state index contributed by atoms with van der Waals surface area (Å²) in [5.41, 5.74) is 1.96. The van der Waals surface area contributed by atoms with Gasteiger partial charge in [-0.05, 0) is 55.6 Å². The molecule has 1 heterocycles. The summed E-state index contributed by atoms with van der Waals surface area (Å²) < 4.78 is 23.2. The molecular weight excluding hydrogens is 408 g/mol. The molecule has 2 atom stereocenters. The molecule has 0 unspecified atom stereocenters. The van der Waals surface area contributed by atoms with Crippen molar-refractivity contribution in [2.45, 2.75) is 37.2 Å². The van der Waals surface area contributed by atoms with Crippen LogP contribution < -0.4 is 5.32 Å². The molecule has 0 saturated carbocycles. The Hall–Kier alpha value is -1.89. The maximum absolute atomic E-state index is 12.8. The normalized spacial score (nSPS) is 18.9. The Morgan fingerprint density at radius 2 is 1.90 bits per heavy atom. The number of benzene rings is 2.